The maximum absolute atomic E-state index is 12.2. The molecule has 19 heavy (non-hydrogen) atoms. The highest BCUT2D eigenvalue weighted by Gasteiger charge is 2.28. The Morgan fingerprint density at radius 1 is 1.63 bits per heavy atom. The van der Waals surface area contributed by atoms with E-state index in [4.69, 9.17) is 0 Å². The molecule has 3 rings (SSSR count). The van der Waals surface area contributed by atoms with E-state index >= 15 is 0 Å². The van der Waals surface area contributed by atoms with Crippen LogP contribution in [0, 0.1) is 0 Å². The zero-order valence-corrected chi connectivity index (χ0v) is 12.8. The van der Waals surface area contributed by atoms with Crippen molar-refractivity contribution in [1.29, 1.82) is 0 Å². The van der Waals surface area contributed by atoms with Crippen LogP contribution in [0.5, 0.6) is 0 Å². The van der Waals surface area contributed by atoms with Gasteiger partial charge in [-0.05, 0) is 45.8 Å². The number of nitrogens with zero attached hydrogens (tertiary/aromatic N) is 3. The fourth-order valence-electron chi connectivity index (χ4n) is 1.85. The Hall–Kier alpha value is -1.21. The Morgan fingerprint density at radius 3 is 3.05 bits per heavy atom. The smallest absolute Gasteiger partial charge is 0.293 e. The minimum Gasteiger partial charge on any atom is -0.335 e. The molecule has 1 fully saturated rings. The fourth-order valence-corrected chi connectivity index (χ4v) is 3.05. The summed E-state index contributed by atoms with van der Waals surface area (Å²) in [6, 6.07) is 2.02. The van der Waals surface area contributed by atoms with E-state index in [2.05, 4.69) is 31.1 Å². The minimum absolute atomic E-state index is 0.148. The van der Waals surface area contributed by atoms with Crippen molar-refractivity contribution in [2.45, 2.75) is 25.3 Å². The Kier molecular flexibility index (Phi) is 3.40. The number of H-pyrrole nitrogens is 1. The third-order valence-corrected chi connectivity index (χ3v) is 4.60. The molecule has 0 saturated heterocycles. The molecule has 0 radical (unpaired) electrons. The number of amides is 1. The number of halogens is 1. The van der Waals surface area contributed by atoms with Gasteiger partial charge < -0.3 is 4.90 Å². The predicted octanol–water partition coefficient (Wildman–Crippen LogP) is 2.78. The summed E-state index contributed by atoms with van der Waals surface area (Å²) in [6.07, 6.45) is 2.28. The molecule has 0 bridgehead atoms. The van der Waals surface area contributed by atoms with Gasteiger partial charge in [-0.3, -0.25) is 9.89 Å². The fraction of sp³-hybridized carbons (Fsp3) is 0.417. The van der Waals surface area contributed by atoms with Crippen LogP contribution in [0.4, 0.5) is 0 Å². The van der Waals surface area contributed by atoms with Gasteiger partial charge in [-0.2, -0.15) is 0 Å². The molecule has 0 unspecified atom stereocenters. The summed E-state index contributed by atoms with van der Waals surface area (Å²) in [4.78, 5) is 18.1. The normalized spacial score (nSPS) is 14.6. The second kappa shape index (κ2) is 5.05. The third kappa shape index (κ3) is 2.87. The third-order valence-electron chi connectivity index (χ3n) is 3.05. The monoisotopic (exact) mass is 340 g/mol. The van der Waals surface area contributed by atoms with Gasteiger partial charge in [-0.25, -0.2) is 4.98 Å². The molecule has 0 aliphatic heterocycles. The quantitative estimate of drug-likeness (QED) is 0.930. The molecule has 0 atom stereocenters. The molecule has 0 spiro atoms. The maximum Gasteiger partial charge on any atom is 0.293 e. The van der Waals surface area contributed by atoms with Crippen molar-refractivity contribution in [3.8, 4) is 0 Å². The van der Waals surface area contributed by atoms with Crippen LogP contribution in [0.1, 0.15) is 40.8 Å². The zero-order chi connectivity index (χ0) is 13.4. The number of hydrogen-bond acceptors (Lipinski definition) is 4. The van der Waals surface area contributed by atoms with Crippen molar-refractivity contribution in [3.63, 3.8) is 0 Å². The molecule has 1 aliphatic carbocycles. The van der Waals surface area contributed by atoms with Gasteiger partial charge in [0.05, 0.1) is 3.79 Å². The number of carbonyl (C=O) groups excluding carboxylic acids is 1. The highest BCUT2D eigenvalue weighted by molar-refractivity contribution is 9.11. The molecule has 2 aromatic heterocycles. The van der Waals surface area contributed by atoms with Gasteiger partial charge in [0.25, 0.3) is 5.91 Å². The van der Waals surface area contributed by atoms with E-state index in [1.54, 1.807) is 23.3 Å². The molecule has 1 N–H and O–H groups in total. The molecule has 1 amide bonds. The van der Waals surface area contributed by atoms with Crippen LogP contribution in [-0.2, 0) is 6.54 Å². The van der Waals surface area contributed by atoms with E-state index < -0.39 is 0 Å². The molecule has 1 aliphatic rings. The maximum atomic E-state index is 12.2. The summed E-state index contributed by atoms with van der Waals surface area (Å²) >= 11 is 5.03. The summed E-state index contributed by atoms with van der Waals surface area (Å²) in [5, 5.41) is 8.90. The van der Waals surface area contributed by atoms with Crippen LogP contribution in [0.25, 0.3) is 0 Å². The van der Waals surface area contributed by atoms with Gasteiger partial charge in [0.15, 0.2) is 0 Å². The lowest BCUT2D eigenvalue weighted by atomic mass is 10.3. The van der Waals surface area contributed by atoms with E-state index in [1.807, 2.05) is 11.4 Å². The van der Waals surface area contributed by atoms with Crippen molar-refractivity contribution in [3.05, 3.63) is 32.4 Å². The molecule has 0 aromatic carbocycles. The van der Waals surface area contributed by atoms with Crippen LogP contribution >= 0.6 is 27.3 Å². The second-order valence-electron chi connectivity index (χ2n) is 4.74. The summed E-state index contributed by atoms with van der Waals surface area (Å²) in [6.45, 7) is 0.564. The van der Waals surface area contributed by atoms with Gasteiger partial charge >= 0.3 is 0 Å². The van der Waals surface area contributed by atoms with Gasteiger partial charge in [0, 0.05) is 19.5 Å². The lowest BCUT2D eigenvalue weighted by Gasteiger charge is -2.13. The van der Waals surface area contributed by atoms with Crippen molar-refractivity contribution < 1.29 is 4.79 Å². The van der Waals surface area contributed by atoms with Crippen LogP contribution in [-0.4, -0.2) is 33.0 Å². The first-order valence-electron chi connectivity index (χ1n) is 6.04. The zero-order valence-electron chi connectivity index (χ0n) is 10.4. The molecule has 2 aromatic rings. The first-order chi connectivity index (χ1) is 9.13. The number of hydrogen-bond donors (Lipinski definition) is 1. The summed E-state index contributed by atoms with van der Waals surface area (Å²) in [5.74, 6) is 1.44. The average Bonchev–Trinajstić information content (AvgIpc) is 2.98. The van der Waals surface area contributed by atoms with Crippen LogP contribution in [0.2, 0.25) is 0 Å². The first kappa shape index (κ1) is 12.8. The SMILES string of the molecule is CN(Cc1csc(Br)c1)C(=O)c1n[nH]c(C2CC2)n1. The Bertz CT molecular complexity index is 604. The molecule has 100 valence electrons. The number of thiophene rings is 1. The molecule has 7 heteroatoms. The van der Waals surface area contributed by atoms with E-state index in [0.717, 1.165) is 28.0 Å². The largest absolute Gasteiger partial charge is 0.335 e. The van der Waals surface area contributed by atoms with E-state index in [1.165, 1.54) is 0 Å². The van der Waals surface area contributed by atoms with E-state index in [9.17, 15) is 4.79 Å². The highest BCUT2D eigenvalue weighted by Crippen LogP contribution is 2.37. The number of carbonyl (C=O) groups is 1. The second-order valence-corrected chi connectivity index (χ2v) is 7.03. The number of rotatable bonds is 4. The Balaban J connectivity index is 1.67. The van der Waals surface area contributed by atoms with Crippen molar-refractivity contribution in [2.24, 2.45) is 0 Å². The summed E-state index contributed by atoms with van der Waals surface area (Å²) < 4.78 is 1.07. The van der Waals surface area contributed by atoms with Gasteiger partial charge in [-0.1, -0.05) is 0 Å². The topological polar surface area (TPSA) is 61.9 Å². The molecular weight excluding hydrogens is 328 g/mol. The van der Waals surface area contributed by atoms with E-state index in [-0.39, 0.29) is 11.7 Å². The van der Waals surface area contributed by atoms with Gasteiger partial charge in [-0.15, -0.1) is 16.4 Å². The highest BCUT2D eigenvalue weighted by atomic mass is 79.9. The van der Waals surface area contributed by atoms with Crippen molar-refractivity contribution >= 4 is 33.2 Å². The molecule has 1 saturated carbocycles. The van der Waals surface area contributed by atoms with Crippen LogP contribution in [0.3, 0.4) is 0 Å². The van der Waals surface area contributed by atoms with Gasteiger partial charge in [0.2, 0.25) is 5.82 Å². The lowest BCUT2D eigenvalue weighted by molar-refractivity contribution is 0.0773. The average molecular weight is 341 g/mol. The number of aromatic nitrogens is 3. The minimum atomic E-state index is -0.148. The Morgan fingerprint density at radius 2 is 2.42 bits per heavy atom. The Labute approximate surface area is 123 Å². The number of aromatic amines is 1. The molecule has 5 nitrogen and oxygen atoms in total. The number of nitrogens with one attached hydrogen (secondary N) is 1. The van der Waals surface area contributed by atoms with Crippen molar-refractivity contribution in [1.82, 2.24) is 20.1 Å². The molecule has 2 heterocycles. The van der Waals surface area contributed by atoms with E-state index in [0.29, 0.717) is 12.5 Å². The standard InChI is InChI=1S/C12H13BrN4OS/c1-17(5-7-4-9(13)19-6-7)12(18)11-14-10(15-16-11)8-2-3-8/h4,6,8H,2-3,5H2,1H3,(H,14,15,16). The summed E-state index contributed by atoms with van der Waals surface area (Å²) in [7, 11) is 1.76. The summed E-state index contributed by atoms with van der Waals surface area (Å²) in [5.41, 5.74) is 1.10. The molecular formula is C12H13BrN4OS. The lowest BCUT2D eigenvalue weighted by Crippen LogP contribution is -2.27. The first-order valence-corrected chi connectivity index (χ1v) is 7.71. The van der Waals surface area contributed by atoms with Crippen LogP contribution < -0.4 is 0 Å². The van der Waals surface area contributed by atoms with Crippen molar-refractivity contribution in [2.75, 3.05) is 7.05 Å². The predicted molar refractivity (Wildman–Crippen MR) is 76.2 cm³/mol. The van der Waals surface area contributed by atoms with Gasteiger partial charge in [0.1, 0.15) is 5.82 Å². The van der Waals surface area contributed by atoms with Crippen LogP contribution in [0.15, 0.2) is 15.2 Å².